The van der Waals surface area contributed by atoms with Gasteiger partial charge in [0, 0.05) is 50.4 Å². The number of likely N-dealkylation sites (tertiary alicyclic amines) is 1. The summed E-state index contributed by atoms with van der Waals surface area (Å²) >= 11 is 0. The number of amides is 2. The minimum atomic E-state index is -1.14. The number of carbonyl (C=O) groups excluding carboxylic acids is 4. The Labute approximate surface area is 251 Å². The van der Waals surface area contributed by atoms with Gasteiger partial charge in [0.2, 0.25) is 11.6 Å². The summed E-state index contributed by atoms with van der Waals surface area (Å²) in [5.41, 5.74) is 6.37. The SMILES string of the molecule is CO[C@H]1/C=C/C=C(/C)C(=O)NC2=CC(=O)C(N3CCC3)=C(C[C@@H](C)C[C@H](OC)[C@H](O)[C@@H](C)/C=C(\CO)[C@@H]1OC(N)=O)C2=O. The molecule has 0 aromatic carbocycles. The highest BCUT2D eigenvalue weighted by molar-refractivity contribution is 6.23. The molecule has 0 radical (unpaired) electrons. The number of ketones is 2. The molecule has 2 amide bonds. The Bertz CT molecular complexity index is 1240. The fourth-order valence-electron chi connectivity index (χ4n) is 5.46. The minimum absolute atomic E-state index is 0.102. The summed E-state index contributed by atoms with van der Waals surface area (Å²) < 4.78 is 16.5. The topological polar surface area (TPSA) is 178 Å². The molecule has 43 heavy (non-hydrogen) atoms. The molecule has 236 valence electrons. The van der Waals surface area contributed by atoms with Crippen LogP contribution in [0, 0.1) is 11.8 Å². The highest BCUT2D eigenvalue weighted by Crippen LogP contribution is 2.32. The van der Waals surface area contributed by atoms with Crippen molar-refractivity contribution >= 4 is 23.6 Å². The average Bonchev–Trinajstić information content (AvgIpc) is 2.93. The molecular formula is C31H43N3O9. The number of nitrogens with zero attached hydrogens (tertiary/aromatic N) is 1. The molecule has 0 unspecified atom stereocenters. The Kier molecular flexibility index (Phi) is 12.0. The largest absolute Gasteiger partial charge is 0.439 e. The molecule has 6 atom stereocenters. The van der Waals surface area contributed by atoms with Gasteiger partial charge in [0.05, 0.1) is 30.2 Å². The van der Waals surface area contributed by atoms with Gasteiger partial charge in [0.15, 0.2) is 6.10 Å². The van der Waals surface area contributed by atoms with Crippen LogP contribution in [0.2, 0.25) is 0 Å². The van der Waals surface area contributed by atoms with E-state index in [1.54, 1.807) is 13.0 Å². The van der Waals surface area contributed by atoms with Gasteiger partial charge in [-0.15, -0.1) is 0 Å². The quantitative estimate of drug-likeness (QED) is 0.266. The van der Waals surface area contributed by atoms with Crippen LogP contribution >= 0.6 is 0 Å². The first-order chi connectivity index (χ1) is 20.4. The summed E-state index contributed by atoms with van der Waals surface area (Å²) in [6.45, 7) is 5.97. The number of Topliss-reactive ketones (excluding diaryl/α,β-unsaturated/α-hetero) is 1. The predicted octanol–water partition coefficient (Wildman–Crippen LogP) is 1.44. The molecule has 5 N–H and O–H groups in total. The highest BCUT2D eigenvalue weighted by Gasteiger charge is 2.36. The van der Waals surface area contributed by atoms with Crippen LogP contribution in [-0.4, -0.2) is 97.0 Å². The number of primary amides is 1. The van der Waals surface area contributed by atoms with Gasteiger partial charge in [-0.05, 0) is 37.7 Å². The minimum Gasteiger partial charge on any atom is -0.439 e. The molecule has 3 rings (SSSR count). The molecule has 0 aromatic rings. The van der Waals surface area contributed by atoms with Crippen molar-refractivity contribution in [1.82, 2.24) is 10.2 Å². The number of nitrogens with two attached hydrogens (primary N) is 1. The van der Waals surface area contributed by atoms with Crippen LogP contribution in [-0.2, 0) is 28.6 Å². The van der Waals surface area contributed by atoms with Crippen LogP contribution in [0.5, 0.6) is 0 Å². The second-order valence-corrected chi connectivity index (χ2v) is 11.2. The Morgan fingerprint density at radius 2 is 1.86 bits per heavy atom. The number of fused-ring (bicyclic) bond motifs is 2. The zero-order chi connectivity index (χ0) is 31.8. The van der Waals surface area contributed by atoms with E-state index >= 15 is 0 Å². The standard InChI is InChI=1S/C31H43N3O9/c1-17-12-21-26(34-10-7-11-34)23(36)15-22(28(21)38)33-30(39)18(2)8-6-9-24(41-4)29(43-31(32)40)20(16-35)14-19(3)27(37)25(13-17)42-5/h6,8-9,14-15,17,19,24-25,27,29,35,37H,7,10-13,16H2,1-5H3,(H2,32,40)(H,33,39)/b9-6+,18-8-,20-14+/t17-,19+,24+,25+,27-,29+/m1/s1. The summed E-state index contributed by atoms with van der Waals surface area (Å²) in [6, 6.07) is 0. The van der Waals surface area contributed by atoms with Crippen molar-refractivity contribution in [2.45, 2.75) is 64.4 Å². The molecular weight excluding hydrogens is 558 g/mol. The van der Waals surface area contributed by atoms with Gasteiger partial charge in [0.1, 0.15) is 6.10 Å². The summed E-state index contributed by atoms with van der Waals surface area (Å²) in [6.07, 6.45) is 3.83. The van der Waals surface area contributed by atoms with Gasteiger partial charge in [-0.25, -0.2) is 4.79 Å². The van der Waals surface area contributed by atoms with Crippen molar-refractivity contribution < 1.29 is 43.6 Å². The zero-order valence-corrected chi connectivity index (χ0v) is 25.4. The number of ether oxygens (including phenoxy) is 3. The molecule has 0 saturated carbocycles. The van der Waals surface area contributed by atoms with Gasteiger partial charge in [-0.3, -0.25) is 14.4 Å². The van der Waals surface area contributed by atoms with Gasteiger partial charge in [-0.2, -0.15) is 0 Å². The molecule has 0 aromatic heterocycles. The van der Waals surface area contributed by atoms with Gasteiger partial charge >= 0.3 is 6.09 Å². The van der Waals surface area contributed by atoms with Gasteiger partial charge in [-0.1, -0.05) is 38.2 Å². The first-order valence-electron chi connectivity index (χ1n) is 14.4. The van der Waals surface area contributed by atoms with Gasteiger partial charge < -0.3 is 40.4 Å². The van der Waals surface area contributed by atoms with E-state index in [1.807, 2.05) is 11.8 Å². The Balaban J connectivity index is 2.09. The normalized spacial score (nSPS) is 33.0. The molecule has 12 nitrogen and oxygen atoms in total. The number of allylic oxidation sites excluding steroid dienone is 4. The lowest BCUT2D eigenvalue weighted by Crippen LogP contribution is -2.43. The van der Waals surface area contributed by atoms with Crippen molar-refractivity contribution in [3.05, 3.63) is 58.5 Å². The molecule has 1 aliphatic carbocycles. The van der Waals surface area contributed by atoms with Crippen molar-refractivity contribution in [3.63, 3.8) is 0 Å². The van der Waals surface area contributed by atoms with E-state index in [2.05, 4.69) is 5.32 Å². The van der Waals surface area contributed by atoms with E-state index in [0.29, 0.717) is 30.8 Å². The van der Waals surface area contributed by atoms with Crippen LogP contribution in [0.4, 0.5) is 4.79 Å². The van der Waals surface area contributed by atoms with Crippen LogP contribution in [0.3, 0.4) is 0 Å². The summed E-state index contributed by atoms with van der Waals surface area (Å²) in [4.78, 5) is 53.6. The second kappa shape index (κ2) is 15.2. The van der Waals surface area contributed by atoms with Crippen molar-refractivity contribution in [1.29, 1.82) is 0 Å². The van der Waals surface area contributed by atoms with Crippen molar-refractivity contribution in [2.75, 3.05) is 33.9 Å². The molecule has 2 aliphatic heterocycles. The third-order valence-corrected chi connectivity index (χ3v) is 7.99. The molecule has 3 aliphatic rings. The summed E-state index contributed by atoms with van der Waals surface area (Å²) in [7, 11) is 2.84. The number of aliphatic hydroxyl groups is 2. The number of rotatable bonds is 5. The maximum absolute atomic E-state index is 13.7. The number of hydrogen-bond donors (Lipinski definition) is 4. The van der Waals surface area contributed by atoms with E-state index in [0.717, 1.165) is 6.42 Å². The van der Waals surface area contributed by atoms with Crippen molar-refractivity contribution in [3.8, 4) is 0 Å². The molecule has 2 bridgehead atoms. The molecule has 1 fully saturated rings. The Morgan fingerprint density at radius 1 is 1.16 bits per heavy atom. The van der Waals surface area contributed by atoms with Crippen LogP contribution < -0.4 is 11.1 Å². The Morgan fingerprint density at radius 3 is 2.42 bits per heavy atom. The number of nitrogens with one attached hydrogen (secondary N) is 1. The second-order valence-electron chi connectivity index (χ2n) is 11.2. The first kappa shape index (κ1) is 33.9. The first-order valence-corrected chi connectivity index (χ1v) is 14.4. The number of methoxy groups -OCH3 is 2. The fourth-order valence-corrected chi connectivity index (χ4v) is 5.46. The third kappa shape index (κ3) is 8.29. The van der Waals surface area contributed by atoms with E-state index < -0.39 is 54.7 Å². The summed E-state index contributed by atoms with van der Waals surface area (Å²) in [5, 5.41) is 24.1. The number of aliphatic hydroxyl groups excluding tert-OH is 2. The number of hydrogen-bond acceptors (Lipinski definition) is 10. The average molecular weight is 602 g/mol. The highest BCUT2D eigenvalue weighted by atomic mass is 16.6. The van der Waals surface area contributed by atoms with Crippen molar-refractivity contribution in [2.24, 2.45) is 17.6 Å². The molecule has 2 heterocycles. The van der Waals surface area contributed by atoms with Gasteiger partial charge in [0.25, 0.3) is 5.91 Å². The monoisotopic (exact) mass is 601 g/mol. The van der Waals surface area contributed by atoms with E-state index in [1.165, 1.54) is 45.4 Å². The maximum atomic E-state index is 13.7. The molecule has 12 heteroatoms. The Hall–Kier alpha value is -3.58. The van der Waals surface area contributed by atoms with E-state index in [-0.39, 0.29) is 35.0 Å². The predicted molar refractivity (Wildman–Crippen MR) is 157 cm³/mol. The lowest BCUT2D eigenvalue weighted by molar-refractivity contribution is -0.120. The van der Waals surface area contributed by atoms with E-state index in [4.69, 9.17) is 19.9 Å². The smallest absolute Gasteiger partial charge is 0.405 e. The zero-order valence-electron chi connectivity index (χ0n) is 25.4. The van der Waals surface area contributed by atoms with Crippen LogP contribution in [0.1, 0.15) is 40.0 Å². The molecule has 0 spiro atoms. The van der Waals surface area contributed by atoms with Crippen LogP contribution in [0.25, 0.3) is 0 Å². The number of carbonyl (C=O) groups is 4. The molecule has 1 saturated heterocycles. The van der Waals surface area contributed by atoms with E-state index in [9.17, 15) is 29.4 Å². The van der Waals surface area contributed by atoms with Crippen LogP contribution in [0.15, 0.2) is 58.5 Å². The maximum Gasteiger partial charge on any atom is 0.405 e. The fraction of sp³-hybridized carbons (Fsp3) is 0.548. The third-order valence-electron chi connectivity index (χ3n) is 7.99. The lowest BCUT2D eigenvalue weighted by Gasteiger charge is -2.37. The lowest BCUT2D eigenvalue weighted by atomic mass is 9.84. The summed E-state index contributed by atoms with van der Waals surface area (Å²) in [5.74, 6) is -2.13.